The zero-order valence-electron chi connectivity index (χ0n) is 12.0. The summed E-state index contributed by atoms with van der Waals surface area (Å²) in [4.78, 5) is -0.00244. The van der Waals surface area contributed by atoms with Crippen LogP contribution in [-0.2, 0) is 19.7 Å². The van der Waals surface area contributed by atoms with Crippen LogP contribution in [0.25, 0.3) is 0 Å². The first-order valence-electron chi connectivity index (χ1n) is 6.23. The van der Waals surface area contributed by atoms with Gasteiger partial charge in [0.1, 0.15) is 5.75 Å². The van der Waals surface area contributed by atoms with Crippen LogP contribution >= 0.6 is 0 Å². The minimum absolute atomic E-state index is 0.00244. The Morgan fingerprint density at radius 2 is 1.81 bits per heavy atom. The number of nitrogens with two attached hydrogens (primary N) is 1. The molecule has 0 saturated carbocycles. The zero-order valence-corrected chi connectivity index (χ0v) is 13.6. The van der Waals surface area contributed by atoms with Crippen LogP contribution in [0.5, 0.6) is 5.75 Å². The zero-order chi connectivity index (χ0) is 16.1. The highest BCUT2D eigenvalue weighted by atomic mass is 32.2. The molecule has 0 amide bonds. The van der Waals surface area contributed by atoms with Gasteiger partial charge < -0.3 is 15.8 Å². The summed E-state index contributed by atoms with van der Waals surface area (Å²) in [5.74, 6) is -0.728. The van der Waals surface area contributed by atoms with Crippen molar-refractivity contribution < 1.29 is 21.6 Å². The summed E-state index contributed by atoms with van der Waals surface area (Å²) in [5.41, 5.74) is 5.94. The molecule has 0 bridgehead atoms. The van der Waals surface area contributed by atoms with E-state index in [2.05, 4.69) is 5.32 Å². The normalized spacial score (nSPS) is 12.3. The van der Waals surface area contributed by atoms with E-state index in [1.165, 1.54) is 25.3 Å². The van der Waals surface area contributed by atoms with Crippen LogP contribution in [0.2, 0.25) is 0 Å². The van der Waals surface area contributed by atoms with E-state index in [4.69, 9.17) is 10.5 Å². The quantitative estimate of drug-likeness (QED) is 0.625. The Labute approximate surface area is 125 Å². The molecule has 0 fully saturated rings. The van der Waals surface area contributed by atoms with Gasteiger partial charge >= 0.3 is 0 Å². The van der Waals surface area contributed by atoms with Gasteiger partial charge in [-0.05, 0) is 19.2 Å². The van der Waals surface area contributed by atoms with E-state index in [-0.39, 0.29) is 22.9 Å². The van der Waals surface area contributed by atoms with Crippen molar-refractivity contribution in [1.29, 1.82) is 0 Å². The molecule has 0 heterocycles. The number of rotatable bonds is 8. The second-order valence-corrected chi connectivity index (χ2v) is 8.89. The molecular weight excluding hydrogens is 316 g/mol. The summed E-state index contributed by atoms with van der Waals surface area (Å²) in [6, 6.07) is 4.06. The number of benzene rings is 1. The fraction of sp³-hybridized carbons (Fsp3) is 0.500. The Bertz CT molecular complexity index is 684. The highest BCUT2D eigenvalue weighted by Crippen LogP contribution is 2.25. The molecule has 0 radical (unpaired) electrons. The van der Waals surface area contributed by atoms with E-state index in [0.717, 1.165) is 0 Å². The van der Waals surface area contributed by atoms with Gasteiger partial charge in [0, 0.05) is 12.6 Å². The lowest BCUT2D eigenvalue weighted by Crippen LogP contribution is -2.25. The van der Waals surface area contributed by atoms with Crippen molar-refractivity contribution in [2.75, 3.05) is 43.7 Å². The van der Waals surface area contributed by atoms with Gasteiger partial charge in [-0.1, -0.05) is 0 Å². The summed E-state index contributed by atoms with van der Waals surface area (Å²) >= 11 is 0. The molecule has 0 saturated heterocycles. The van der Waals surface area contributed by atoms with Crippen LogP contribution in [0.3, 0.4) is 0 Å². The van der Waals surface area contributed by atoms with Crippen molar-refractivity contribution in [1.82, 2.24) is 5.32 Å². The number of anilines is 1. The predicted octanol–water partition coefficient (Wildman–Crippen LogP) is -0.315. The molecule has 9 heteroatoms. The molecule has 21 heavy (non-hydrogen) atoms. The average Bonchev–Trinajstić information content (AvgIpc) is 2.44. The lowest BCUT2D eigenvalue weighted by atomic mass is 10.3. The summed E-state index contributed by atoms with van der Waals surface area (Å²) in [7, 11) is -4.10. The highest BCUT2D eigenvalue weighted by molar-refractivity contribution is 7.95. The Balaban J connectivity index is 2.87. The smallest absolute Gasteiger partial charge is 0.179 e. The first-order chi connectivity index (χ1) is 9.72. The number of methoxy groups -OCH3 is 1. The van der Waals surface area contributed by atoms with Crippen molar-refractivity contribution in [3.8, 4) is 5.75 Å². The van der Waals surface area contributed by atoms with E-state index in [9.17, 15) is 16.8 Å². The molecule has 0 atom stereocenters. The third-order valence-corrected chi connectivity index (χ3v) is 6.51. The maximum Gasteiger partial charge on any atom is 0.179 e. The minimum atomic E-state index is -3.70. The lowest BCUT2D eigenvalue weighted by molar-refractivity contribution is 0.415. The molecule has 3 N–H and O–H groups in total. The van der Waals surface area contributed by atoms with Crippen molar-refractivity contribution >= 4 is 25.4 Å². The third kappa shape index (κ3) is 5.18. The van der Waals surface area contributed by atoms with Crippen LogP contribution in [0, 0.1) is 0 Å². The summed E-state index contributed by atoms with van der Waals surface area (Å²) in [6.07, 6.45) is 0. The van der Waals surface area contributed by atoms with E-state index in [1.807, 2.05) is 0 Å². The standard InChI is InChI=1S/C12H20N2O5S2/c1-14-5-6-20(15,16)7-8-21(17,18)10-3-4-11(13)12(9-10)19-2/h3-4,9,14H,5-8,13H2,1-2H3. The van der Waals surface area contributed by atoms with Crippen molar-refractivity contribution in [3.05, 3.63) is 18.2 Å². The van der Waals surface area contributed by atoms with Crippen LogP contribution in [0.4, 0.5) is 5.69 Å². The monoisotopic (exact) mass is 336 g/mol. The van der Waals surface area contributed by atoms with E-state index < -0.39 is 31.2 Å². The SMILES string of the molecule is CNCCS(=O)(=O)CCS(=O)(=O)c1ccc(N)c(OC)c1. The predicted molar refractivity (Wildman–Crippen MR) is 82.0 cm³/mol. The summed E-state index contributed by atoms with van der Waals surface area (Å²) < 4.78 is 52.7. The molecule has 0 aromatic heterocycles. The molecular formula is C12H20N2O5S2. The molecule has 7 nitrogen and oxygen atoms in total. The summed E-state index contributed by atoms with van der Waals surface area (Å²) in [6.45, 7) is 0.290. The van der Waals surface area contributed by atoms with Gasteiger partial charge in [0.05, 0.1) is 35.0 Å². The van der Waals surface area contributed by atoms with Gasteiger partial charge in [-0.2, -0.15) is 0 Å². The maximum absolute atomic E-state index is 12.2. The summed E-state index contributed by atoms with van der Waals surface area (Å²) in [5, 5.41) is 2.71. The molecule has 0 spiro atoms. The number of hydrogen-bond donors (Lipinski definition) is 2. The van der Waals surface area contributed by atoms with Gasteiger partial charge in [0.15, 0.2) is 19.7 Å². The Hall–Kier alpha value is -1.32. The molecule has 0 aliphatic heterocycles. The average molecular weight is 336 g/mol. The number of ether oxygens (including phenoxy) is 1. The van der Waals surface area contributed by atoms with Gasteiger partial charge in [-0.15, -0.1) is 0 Å². The maximum atomic E-state index is 12.2. The van der Waals surface area contributed by atoms with Gasteiger partial charge in [-0.25, -0.2) is 16.8 Å². The molecule has 0 aliphatic carbocycles. The Kier molecular flexibility index (Phi) is 5.99. The molecule has 120 valence electrons. The first-order valence-corrected chi connectivity index (χ1v) is 9.70. The molecule has 1 aromatic rings. The third-order valence-electron chi connectivity index (χ3n) is 2.89. The van der Waals surface area contributed by atoms with Crippen LogP contribution in [-0.4, -0.2) is 54.8 Å². The van der Waals surface area contributed by atoms with Crippen molar-refractivity contribution in [3.63, 3.8) is 0 Å². The molecule has 0 aliphatic rings. The second kappa shape index (κ2) is 7.10. The topological polar surface area (TPSA) is 116 Å². The molecule has 1 aromatic carbocycles. The first kappa shape index (κ1) is 17.7. The van der Waals surface area contributed by atoms with Gasteiger partial charge in [0.2, 0.25) is 0 Å². The van der Waals surface area contributed by atoms with Crippen molar-refractivity contribution in [2.45, 2.75) is 4.90 Å². The fourth-order valence-corrected chi connectivity index (χ4v) is 5.01. The Morgan fingerprint density at radius 3 is 2.38 bits per heavy atom. The number of hydrogen-bond acceptors (Lipinski definition) is 7. The van der Waals surface area contributed by atoms with E-state index in [0.29, 0.717) is 5.69 Å². The number of nitrogen functional groups attached to an aromatic ring is 1. The number of nitrogens with one attached hydrogen (secondary N) is 1. The van der Waals surface area contributed by atoms with Gasteiger partial charge in [-0.3, -0.25) is 0 Å². The van der Waals surface area contributed by atoms with Crippen LogP contribution < -0.4 is 15.8 Å². The van der Waals surface area contributed by atoms with Crippen LogP contribution in [0.15, 0.2) is 23.1 Å². The van der Waals surface area contributed by atoms with Gasteiger partial charge in [0.25, 0.3) is 0 Å². The molecule has 1 rings (SSSR count). The number of sulfone groups is 2. The fourth-order valence-electron chi connectivity index (χ4n) is 1.60. The minimum Gasteiger partial charge on any atom is -0.495 e. The lowest BCUT2D eigenvalue weighted by Gasteiger charge is -2.09. The second-order valence-electron chi connectivity index (χ2n) is 4.48. The largest absolute Gasteiger partial charge is 0.495 e. The Morgan fingerprint density at radius 1 is 1.14 bits per heavy atom. The molecule has 0 unspecified atom stereocenters. The van der Waals surface area contributed by atoms with Crippen molar-refractivity contribution in [2.24, 2.45) is 0 Å². The van der Waals surface area contributed by atoms with E-state index in [1.54, 1.807) is 7.05 Å². The van der Waals surface area contributed by atoms with Crippen LogP contribution in [0.1, 0.15) is 0 Å². The van der Waals surface area contributed by atoms with E-state index >= 15 is 0 Å². The highest BCUT2D eigenvalue weighted by Gasteiger charge is 2.20.